The molecule has 0 aromatic heterocycles. The molecule has 3 rings (SSSR count). The number of benzene rings is 3. The molecule has 3 aromatic rings. The Morgan fingerprint density at radius 3 is 2.22 bits per heavy atom. The van der Waals surface area contributed by atoms with Crippen molar-refractivity contribution in [3.05, 3.63) is 89.7 Å². The molecular weight excluding hydrogens is 369 g/mol. The van der Waals surface area contributed by atoms with E-state index < -0.39 is 21.7 Å². The summed E-state index contributed by atoms with van der Waals surface area (Å²) >= 11 is 0. The van der Waals surface area contributed by atoms with Gasteiger partial charge < -0.3 is 4.74 Å². The van der Waals surface area contributed by atoms with Gasteiger partial charge in [0.2, 0.25) is 0 Å². The van der Waals surface area contributed by atoms with Crippen LogP contribution in [0, 0.1) is 12.7 Å². The number of para-hydroxylation sites is 1. The minimum atomic E-state index is -4.14. The van der Waals surface area contributed by atoms with Crippen molar-refractivity contribution in [1.29, 1.82) is 0 Å². The number of amides is 1. The van der Waals surface area contributed by atoms with E-state index in [1.807, 2.05) is 23.8 Å². The second-order valence-electron chi connectivity index (χ2n) is 5.80. The van der Waals surface area contributed by atoms with Crippen LogP contribution in [-0.4, -0.2) is 14.3 Å². The summed E-state index contributed by atoms with van der Waals surface area (Å²) in [5, 5.41) is 0. The number of carbonyl (C=O) groups is 1. The third-order valence-electron chi connectivity index (χ3n) is 3.73. The van der Waals surface area contributed by atoms with E-state index in [-0.39, 0.29) is 16.2 Å². The van der Waals surface area contributed by atoms with Crippen molar-refractivity contribution in [1.82, 2.24) is 4.72 Å². The molecule has 0 fully saturated rings. The average molecular weight is 385 g/mol. The molecule has 0 aliphatic rings. The van der Waals surface area contributed by atoms with E-state index in [1.165, 1.54) is 6.07 Å². The number of sulfonamides is 1. The smallest absolute Gasteiger partial charge is 0.268 e. The molecule has 0 saturated carbocycles. The fourth-order valence-corrected chi connectivity index (χ4v) is 3.29. The fourth-order valence-electron chi connectivity index (χ4n) is 2.33. The lowest BCUT2D eigenvalue weighted by molar-refractivity contribution is 0.0979. The van der Waals surface area contributed by atoms with Crippen LogP contribution in [0.15, 0.2) is 77.7 Å². The zero-order valence-electron chi connectivity index (χ0n) is 14.3. The minimum absolute atomic E-state index is 0.0590. The van der Waals surface area contributed by atoms with Crippen molar-refractivity contribution in [2.45, 2.75) is 11.8 Å². The van der Waals surface area contributed by atoms with Gasteiger partial charge in [-0.3, -0.25) is 4.79 Å². The largest absolute Gasteiger partial charge is 0.457 e. The molecule has 27 heavy (non-hydrogen) atoms. The van der Waals surface area contributed by atoms with Crippen LogP contribution in [0.3, 0.4) is 0 Å². The predicted molar refractivity (Wildman–Crippen MR) is 98.7 cm³/mol. The molecule has 0 aliphatic carbocycles. The standard InChI is InChI=1S/C20H16FNO4S/c1-14-6-10-16(11-7-14)26-19-5-3-2-4-18(19)20(23)22-27(24,25)17-12-8-15(21)9-13-17/h2-13H,1H3,(H,22,23). The zero-order valence-corrected chi connectivity index (χ0v) is 15.2. The van der Waals surface area contributed by atoms with Crippen molar-refractivity contribution in [2.75, 3.05) is 0 Å². The highest BCUT2D eigenvalue weighted by molar-refractivity contribution is 7.90. The SMILES string of the molecule is Cc1ccc(Oc2ccccc2C(=O)NS(=O)(=O)c2ccc(F)cc2)cc1. The second-order valence-corrected chi connectivity index (χ2v) is 7.48. The van der Waals surface area contributed by atoms with Gasteiger partial charge in [0.1, 0.15) is 17.3 Å². The maximum absolute atomic E-state index is 13.0. The monoisotopic (exact) mass is 385 g/mol. The van der Waals surface area contributed by atoms with Gasteiger partial charge in [-0.25, -0.2) is 17.5 Å². The van der Waals surface area contributed by atoms with E-state index in [1.54, 1.807) is 30.3 Å². The molecule has 5 nitrogen and oxygen atoms in total. The highest BCUT2D eigenvalue weighted by atomic mass is 32.2. The number of hydrogen-bond donors (Lipinski definition) is 1. The topological polar surface area (TPSA) is 72.5 Å². The van der Waals surface area contributed by atoms with E-state index in [9.17, 15) is 17.6 Å². The summed E-state index contributed by atoms with van der Waals surface area (Å²) in [6, 6.07) is 17.7. The molecule has 1 amide bonds. The third kappa shape index (κ3) is 4.51. The zero-order chi connectivity index (χ0) is 19.4. The van der Waals surface area contributed by atoms with E-state index in [0.29, 0.717) is 5.75 Å². The van der Waals surface area contributed by atoms with Crippen LogP contribution in [0.4, 0.5) is 4.39 Å². The Hall–Kier alpha value is -3.19. The molecule has 0 bridgehead atoms. The van der Waals surface area contributed by atoms with Crippen molar-refractivity contribution < 1.29 is 22.3 Å². The molecule has 138 valence electrons. The second kappa shape index (κ2) is 7.59. The minimum Gasteiger partial charge on any atom is -0.457 e. The lowest BCUT2D eigenvalue weighted by Crippen LogP contribution is -2.30. The molecule has 3 aromatic carbocycles. The Morgan fingerprint density at radius 1 is 0.926 bits per heavy atom. The third-order valence-corrected chi connectivity index (χ3v) is 5.08. The number of rotatable bonds is 5. The molecule has 0 heterocycles. The van der Waals surface area contributed by atoms with Gasteiger partial charge >= 0.3 is 0 Å². The lowest BCUT2D eigenvalue weighted by Gasteiger charge is -2.12. The van der Waals surface area contributed by atoms with Crippen LogP contribution < -0.4 is 9.46 Å². The summed E-state index contributed by atoms with van der Waals surface area (Å²) < 4.78 is 45.4. The van der Waals surface area contributed by atoms with Crippen LogP contribution in [0.2, 0.25) is 0 Å². The number of halogens is 1. The molecule has 0 aliphatic heterocycles. The number of nitrogens with one attached hydrogen (secondary N) is 1. The molecular formula is C20H16FNO4S. The van der Waals surface area contributed by atoms with Gasteiger partial charge in [0.05, 0.1) is 10.5 Å². The van der Waals surface area contributed by atoms with Crippen LogP contribution in [0.25, 0.3) is 0 Å². The van der Waals surface area contributed by atoms with Crippen molar-refractivity contribution in [2.24, 2.45) is 0 Å². The van der Waals surface area contributed by atoms with E-state index in [4.69, 9.17) is 4.74 Å². The number of hydrogen-bond acceptors (Lipinski definition) is 4. The van der Waals surface area contributed by atoms with E-state index in [0.717, 1.165) is 29.8 Å². The predicted octanol–water partition coefficient (Wildman–Crippen LogP) is 4.05. The Kier molecular flexibility index (Phi) is 5.23. The number of aryl methyl sites for hydroxylation is 1. The summed E-state index contributed by atoms with van der Waals surface area (Å²) in [5.74, 6) is -0.686. The van der Waals surface area contributed by atoms with Crippen LogP contribution in [-0.2, 0) is 10.0 Å². The molecule has 0 saturated heterocycles. The first-order valence-corrected chi connectivity index (χ1v) is 9.50. The molecule has 0 spiro atoms. The van der Waals surface area contributed by atoms with Gasteiger partial charge in [0.15, 0.2) is 0 Å². The average Bonchev–Trinajstić information content (AvgIpc) is 2.64. The van der Waals surface area contributed by atoms with Gasteiger partial charge in [-0.1, -0.05) is 29.8 Å². The maximum Gasteiger partial charge on any atom is 0.268 e. The fraction of sp³-hybridized carbons (Fsp3) is 0.0500. The maximum atomic E-state index is 13.0. The Balaban J connectivity index is 1.84. The summed E-state index contributed by atoms with van der Waals surface area (Å²) in [5.41, 5.74) is 1.11. The highest BCUT2D eigenvalue weighted by Gasteiger charge is 2.21. The molecule has 7 heteroatoms. The molecule has 1 N–H and O–H groups in total. The van der Waals surface area contributed by atoms with Crippen molar-refractivity contribution >= 4 is 15.9 Å². The van der Waals surface area contributed by atoms with Gasteiger partial charge in [0, 0.05) is 0 Å². The highest BCUT2D eigenvalue weighted by Crippen LogP contribution is 2.26. The summed E-state index contributed by atoms with van der Waals surface area (Å²) in [4.78, 5) is 12.3. The molecule has 0 radical (unpaired) electrons. The van der Waals surface area contributed by atoms with E-state index >= 15 is 0 Å². The molecule has 0 unspecified atom stereocenters. The normalized spacial score (nSPS) is 11.0. The summed E-state index contributed by atoms with van der Waals surface area (Å²) in [7, 11) is -4.14. The molecule has 0 atom stereocenters. The Bertz CT molecular complexity index is 1060. The number of ether oxygens (including phenoxy) is 1. The summed E-state index contributed by atoms with van der Waals surface area (Å²) in [6.07, 6.45) is 0. The lowest BCUT2D eigenvalue weighted by atomic mass is 10.2. The van der Waals surface area contributed by atoms with Gasteiger partial charge in [-0.15, -0.1) is 0 Å². The Labute approximate surface area is 156 Å². The van der Waals surface area contributed by atoms with Crippen LogP contribution in [0.1, 0.15) is 15.9 Å². The van der Waals surface area contributed by atoms with Gasteiger partial charge in [-0.2, -0.15) is 0 Å². The first-order valence-electron chi connectivity index (χ1n) is 8.01. The van der Waals surface area contributed by atoms with Gasteiger partial charge in [-0.05, 0) is 55.5 Å². The first-order chi connectivity index (χ1) is 12.8. The quantitative estimate of drug-likeness (QED) is 0.719. The van der Waals surface area contributed by atoms with Gasteiger partial charge in [0.25, 0.3) is 15.9 Å². The van der Waals surface area contributed by atoms with E-state index in [2.05, 4.69) is 0 Å². The van der Waals surface area contributed by atoms with Crippen LogP contribution >= 0.6 is 0 Å². The van der Waals surface area contributed by atoms with Crippen molar-refractivity contribution in [3.8, 4) is 11.5 Å². The Morgan fingerprint density at radius 2 is 1.56 bits per heavy atom. The first kappa shape index (κ1) is 18.6. The summed E-state index contributed by atoms with van der Waals surface area (Å²) in [6.45, 7) is 1.94. The number of carbonyl (C=O) groups excluding carboxylic acids is 1. The van der Waals surface area contributed by atoms with Crippen molar-refractivity contribution in [3.63, 3.8) is 0 Å². The van der Waals surface area contributed by atoms with Crippen LogP contribution in [0.5, 0.6) is 11.5 Å².